The lowest BCUT2D eigenvalue weighted by Gasteiger charge is -2.27. The summed E-state index contributed by atoms with van der Waals surface area (Å²) >= 11 is 0. The molecule has 1 atom stereocenters. The molecule has 1 aliphatic carbocycles. The Bertz CT molecular complexity index is 679. The molecule has 1 unspecified atom stereocenters. The van der Waals surface area contributed by atoms with Gasteiger partial charge in [0.25, 0.3) is 0 Å². The minimum Gasteiger partial charge on any atom is -0.387 e. The Kier molecular flexibility index (Phi) is 7.74. The average molecular weight is 362 g/mol. The number of hydrogen-bond acceptors (Lipinski definition) is 2. The topological polar surface area (TPSA) is 23.5 Å². The molecule has 0 radical (unpaired) electrons. The zero-order chi connectivity index (χ0) is 16.9. The third-order valence-electron chi connectivity index (χ3n) is 5.27. The Morgan fingerprint density at radius 3 is 2.32 bits per heavy atom. The van der Waals surface area contributed by atoms with E-state index in [1.54, 1.807) is 0 Å². The number of aryl methyl sites for hydroxylation is 2. The molecule has 1 aliphatic rings. The van der Waals surface area contributed by atoms with Crippen LogP contribution in [-0.2, 0) is 12.8 Å². The smallest absolute Gasteiger partial charge is 0.0923 e. The molecule has 2 aromatic carbocycles. The van der Waals surface area contributed by atoms with Crippen LogP contribution in [0, 0.1) is 0 Å². The van der Waals surface area contributed by atoms with Crippen molar-refractivity contribution in [1.82, 2.24) is 4.90 Å². The Labute approximate surface area is 158 Å². The van der Waals surface area contributed by atoms with Crippen LogP contribution in [0.2, 0.25) is 0 Å². The maximum atomic E-state index is 11.0. The van der Waals surface area contributed by atoms with Crippen molar-refractivity contribution in [3.63, 3.8) is 0 Å². The number of rotatable bonds is 7. The van der Waals surface area contributed by atoms with Crippen molar-refractivity contribution in [3.05, 3.63) is 47.0 Å². The van der Waals surface area contributed by atoms with E-state index in [2.05, 4.69) is 49.1 Å². The van der Waals surface area contributed by atoms with Crippen molar-refractivity contribution in [3.8, 4) is 0 Å². The monoisotopic (exact) mass is 361 g/mol. The van der Waals surface area contributed by atoms with E-state index in [1.807, 2.05) is 0 Å². The molecule has 1 N–H and O–H groups in total. The predicted octanol–water partition coefficient (Wildman–Crippen LogP) is 5.30. The Morgan fingerprint density at radius 1 is 1.00 bits per heavy atom. The minimum absolute atomic E-state index is 0. The van der Waals surface area contributed by atoms with Crippen LogP contribution in [0.3, 0.4) is 0 Å². The van der Waals surface area contributed by atoms with E-state index in [4.69, 9.17) is 0 Å². The number of halogens is 1. The van der Waals surface area contributed by atoms with Crippen LogP contribution in [0.25, 0.3) is 10.8 Å². The first-order chi connectivity index (χ1) is 11.7. The second-order valence-electron chi connectivity index (χ2n) is 7.17. The lowest BCUT2D eigenvalue weighted by molar-refractivity contribution is 0.114. The molecular weight excluding hydrogens is 330 g/mol. The molecule has 2 nitrogen and oxygen atoms in total. The predicted molar refractivity (Wildman–Crippen MR) is 110 cm³/mol. The van der Waals surface area contributed by atoms with Gasteiger partial charge in [0, 0.05) is 6.54 Å². The summed E-state index contributed by atoms with van der Waals surface area (Å²) < 4.78 is 0. The summed E-state index contributed by atoms with van der Waals surface area (Å²) in [5.41, 5.74) is 4.11. The third-order valence-corrected chi connectivity index (χ3v) is 5.27. The van der Waals surface area contributed by atoms with E-state index >= 15 is 0 Å². The first-order valence-electron chi connectivity index (χ1n) is 9.68. The molecule has 0 fully saturated rings. The Hall–Kier alpha value is -1.09. The summed E-state index contributed by atoms with van der Waals surface area (Å²) in [5.74, 6) is 0. The second-order valence-corrected chi connectivity index (χ2v) is 7.17. The van der Waals surface area contributed by atoms with Gasteiger partial charge in [0.15, 0.2) is 0 Å². The standard InChI is InChI=1S/C22H31NO.ClH/c1-3-13-23(14-4-2)16-22(24)21-15-17-9-5-6-10-18(17)19-11-7-8-12-20(19)21;/h7-8,11-12,15,22,24H,3-6,9-10,13-14,16H2,1-2H3;1H. The van der Waals surface area contributed by atoms with Crippen LogP contribution in [0.1, 0.15) is 62.3 Å². The van der Waals surface area contributed by atoms with Crippen LogP contribution < -0.4 is 0 Å². The maximum absolute atomic E-state index is 11.0. The van der Waals surface area contributed by atoms with E-state index in [1.165, 1.54) is 41.2 Å². The minimum atomic E-state index is -0.403. The number of aliphatic hydroxyl groups is 1. The molecule has 0 aromatic heterocycles. The SMILES string of the molecule is CCCN(CCC)CC(O)c1cc2c(c3ccccc13)CCCC2.Cl. The summed E-state index contributed by atoms with van der Waals surface area (Å²) in [6.07, 6.45) is 6.78. The van der Waals surface area contributed by atoms with Gasteiger partial charge in [0.1, 0.15) is 0 Å². The van der Waals surface area contributed by atoms with Crippen LogP contribution in [0.4, 0.5) is 0 Å². The second kappa shape index (κ2) is 9.56. The first-order valence-corrected chi connectivity index (χ1v) is 9.68. The number of aliphatic hydroxyl groups excluding tert-OH is 1. The third kappa shape index (κ3) is 4.55. The Balaban J connectivity index is 0.00000225. The van der Waals surface area contributed by atoms with E-state index in [9.17, 15) is 5.11 Å². The summed E-state index contributed by atoms with van der Waals surface area (Å²) in [6, 6.07) is 11.0. The molecule has 25 heavy (non-hydrogen) atoms. The van der Waals surface area contributed by atoms with Gasteiger partial charge in [-0.2, -0.15) is 0 Å². The van der Waals surface area contributed by atoms with Gasteiger partial charge in [-0.25, -0.2) is 0 Å². The fourth-order valence-electron chi connectivity index (χ4n) is 4.20. The molecule has 0 aliphatic heterocycles. The zero-order valence-corrected chi connectivity index (χ0v) is 16.4. The van der Waals surface area contributed by atoms with Gasteiger partial charge >= 0.3 is 0 Å². The zero-order valence-electron chi connectivity index (χ0n) is 15.6. The van der Waals surface area contributed by atoms with Gasteiger partial charge in [-0.1, -0.05) is 44.2 Å². The van der Waals surface area contributed by atoms with Gasteiger partial charge in [-0.15, -0.1) is 12.4 Å². The number of benzene rings is 2. The molecule has 3 rings (SSSR count). The van der Waals surface area contributed by atoms with Crippen LogP contribution in [-0.4, -0.2) is 29.6 Å². The average Bonchev–Trinajstić information content (AvgIpc) is 2.61. The van der Waals surface area contributed by atoms with Gasteiger partial charge < -0.3 is 10.0 Å². The highest BCUT2D eigenvalue weighted by atomic mass is 35.5. The first kappa shape index (κ1) is 20.2. The molecule has 3 heteroatoms. The van der Waals surface area contributed by atoms with E-state index in [-0.39, 0.29) is 12.4 Å². The highest BCUT2D eigenvalue weighted by Crippen LogP contribution is 2.34. The largest absolute Gasteiger partial charge is 0.387 e. The van der Waals surface area contributed by atoms with Crippen molar-refractivity contribution in [1.29, 1.82) is 0 Å². The molecular formula is C22H32ClNO. The number of nitrogens with zero attached hydrogens (tertiary/aromatic N) is 1. The van der Waals surface area contributed by atoms with E-state index in [0.717, 1.165) is 44.5 Å². The molecule has 0 spiro atoms. The highest BCUT2D eigenvalue weighted by molar-refractivity contribution is 5.90. The molecule has 2 aromatic rings. The van der Waals surface area contributed by atoms with E-state index in [0.29, 0.717) is 0 Å². The van der Waals surface area contributed by atoms with Gasteiger partial charge in [-0.05, 0) is 79.1 Å². The van der Waals surface area contributed by atoms with Crippen molar-refractivity contribution in [2.75, 3.05) is 19.6 Å². The Morgan fingerprint density at radius 2 is 1.64 bits per heavy atom. The molecule has 0 bridgehead atoms. The van der Waals surface area contributed by atoms with Crippen molar-refractivity contribution in [2.45, 2.75) is 58.5 Å². The van der Waals surface area contributed by atoms with E-state index < -0.39 is 6.10 Å². The number of fused-ring (bicyclic) bond motifs is 3. The van der Waals surface area contributed by atoms with Gasteiger partial charge in [0.05, 0.1) is 6.10 Å². The van der Waals surface area contributed by atoms with Crippen LogP contribution >= 0.6 is 12.4 Å². The number of hydrogen-bond donors (Lipinski definition) is 1. The molecule has 0 saturated carbocycles. The molecule has 0 saturated heterocycles. The lowest BCUT2D eigenvalue weighted by Crippen LogP contribution is -2.30. The summed E-state index contributed by atoms with van der Waals surface area (Å²) in [4.78, 5) is 2.40. The fourth-order valence-corrected chi connectivity index (χ4v) is 4.20. The fraction of sp³-hybridized carbons (Fsp3) is 0.545. The van der Waals surface area contributed by atoms with Crippen LogP contribution in [0.5, 0.6) is 0 Å². The van der Waals surface area contributed by atoms with Gasteiger partial charge in [0.2, 0.25) is 0 Å². The molecule has 0 heterocycles. The van der Waals surface area contributed by atoms with Crippen molar-refractivity contribution >= 4 is 23.2 Å². The van der Waals surface area contributed by atoms with Crippen LogP contribution in [0.15, 0.2) is 30.3 Å². The molecule has 0 amide bonds. The molecule has 138 valence electrons. The quantitative estimate of drug-likeness (QED) is 0.723. The van der Waals surface area contributed by atoms with Crippen molar-refractivity contribution in [2.24, 2.45) is 0 Å². The summed E-state index contributed by atoms with van der Waals surface area (Å²) in [5, 5.41) is 13.6. The highest BCUT2D eigenvalue weighted by Gasteiger charge is 2.20. The maximum Gasteiger partial charge on any atom is 0.0923 e. The lowest BCUT2D eigenvalue weighted by atomic mass is 9.84. The van der Waals surface area contributed by atoms with Crippen molar-refractivity contribution < 1.29 is 5.11 Å². The summed E-state index contributed by atoms with van der Waals surface area (Å²) in [6.45, 7) is 7.29. The normalized spacial score (nSPS) is 15.0. The summed E-state index contributed by atoms with van der Waals surface area (Å²) in [7, 11) is 0. The van der Waals surface area contributed by atoms with Gasteiger partial charge in [-0.3, -0.25) is 0 Å².